The molecule has 0 bridgehead atoms. The van der Waals surface area contributed by atoms with Gasteiger partial charge in [-0.05, 0) is 60.2 Å². The van der Waals surface area contributed by atoms with Crippen LogP contribution in [0.5, 0.6) is 5.75 Å². The first kappa shape index (κ1) is 15.4. The number of aryl methyl sites for hydroxylation is 1. The van der Waals surface area contributed by atoms with Crippen molar-refractivity contribution in [2.24, 2.45) is 0 Å². The Labute approximate surface area is 138 Å². The Hall–Kier alpha value is -2.53. The molecule has 1 fully saturated rings. The van der Waals surface area contributed by atoms with Crippen molar-refractivity contribution >= 4 is 34.7 Å². The Kier molecular flexibility index (Phi) is 4.21. The van der Waals surface area contributed by atoms with Gasteiger partial charge in [-0.2, -0.15) is 0 Å². The van der Waals surface area contributed by atoms with E-state index in [1.165, 1.54) is 4.90 Å². The van der Waals surface area contributed by atoms with Crippen LogP contribution in [0.4, 0.5) is 10.5 Å². The quantitative estimate of drug-likeness (QED) is 0.792. The minimum Gasteiger partial charge on any atom is -0.497 e. The maximum absolute atomic E-state index is 12.6. The molecular weight excluding hydrogens is 310 g/mol. The number of hydrogen-bond donors (Lipinski definition) is 0. The number of rotatable bonds is 3. The SMILES string of the molecule is COc1cccc(/C=C2\SC(=O)N(c3cccc(C)c3)C2=O)c1. The molecule has 0 atom stereocenters. The zero-order chi connectivity index (χ0) is 16.4. The highest BCUT2D eigenvalue weighted by Gasteiger charge is 2.36. The molecule has 0 radical (unpaired) electrons. The molecule has 0 saturated carbocycles. The molecule has 3 rings (SSSR count). The molecule has 1 heterocycles. The number of benzene rings is 2. The molecule has 0 aliphatic carbocycles. The molecule has 0 spiro atoms. The smallest absolute Gasteiger partial charge is 0.298 e. The monoisotopic (exact) mass is 325 g/mol. The summed E-state index contributed by atoms with van der Waals surface area (Å²) >= 11 is 0.949. The summed E-state index contributed by atoms with van der Waals surface area (Å²) in [7, 11) is 1.59. The molecule has 1 saturated heterocycles. The molecule has 1 aliphatic rings. The Balaban J connectivity index is 1.93. The number of hydrogen-bond acceptors (Lipinski definition) is 4. The van der Waals surface area contributed by atoms with Crippen LogP contribution in [0.25, 0.3) is 6.08 Å². The lowest BCUT2D eigenvalue weighted by Crippen LogP contribution is -2.27. The summed E-state index contributed by atoms with van der Waals surface area (Å²) in [6, 6.07) is 14.7. The van der Waals surface area contributed by atoms with Crippen molar-refractivity contribution in [3.05, 3.63) is 64.6 Å². The predicted octanol–water partition coefficient (Wildman–Crippen LogP) is 4.24. The van der Waals surface area contributed by atoms with Gasteiger partial charge in [-0.1, -0.05) is 24.3 Å². The van der Waals surface area contributed by atoms with E-state index in [1.807, 2.05) is 49.4 Å². The maximum atomic E-state index is 12.6. The van der Waals surface area contributed by atoms with E-state index in [0.717, 1.165) is 22.9 Å². The van der Waals surface area contributed by atoms with Gasteiger partial charge in [0.1, 0.15) is 5.75 Å². The van der Waals surface area contributed by atoms with Gasteiger partial charge in [-0.15, -0.1) is 0 Å². The van der Waals surface area contributed by atoms with Crippen LogP contribution in [-0.4, -0.2) is 18.3 Å². The fraction of sp³-hybridized carbons (Fsp3) is 0.111. The van der Waals surface area contributed by atoms with E-state index in [0.29, 0.717) is 16.3 Å². The number of imide groups is 1. The highest BCUT2D eigenvalue weighted by atomic mass is 32.2. The first-order valence-electron chi connectivity index (χ1n) is 7.07. The first-order chi connectivity index (χ1) is 11.1. The zero-order valence-electron chi connectivity index (χ0n) is 12.8. The Morgan fingerprint density at radius 1 is 1.09 bits per heavy atom. The van der Waals surface area contributed by atoms with E-state index in [9.17, 15) is 9.59 Å². The molecule has 116 valence electrons. The van der Waals surface area contributed by atoms with Crippen LogP contribution in [0, 0.1) is 6.92 Å². The van der Waals surface area contributed by atoms with E-state index >= 15 is 0 Å². The molecule has 0 N–H and O–H groups in total. The van der Waals surface area contributed by atoms with Crippen LogP contribution in [0.2, 0.25) is 0 Å². The largest absolute Gasteiger partial charge is 0.497 e. The molecular formula is C18H15NO3S. The van der Waals surface area contributed by atoms with E-state index < -0.39 is 0 Å². The van der Waals surface area contributed by atoms with E-state index in [-0.39, 0.29) is 11.1 Å². The Bertz CT molecular complexity index is 813. The minimum atomic E-state index is -0.298. The van der Waals surface area contributed by atoms with E-state index in [1.54, 1.807) is 19.3 Å². The third-order valence-electron chi connectivity index (χ3n) is 3.45. The maximum Gasteiger partial charge on any atom is 0.298 e. The molecule has 1 aliphatic heterocycles. The summed E-state index contributed by atoms with van der Waals surface area (Å²) in [5, 5.41) is -0.283. The molecule has 4 nitrogen and oxygen atoms in total. The average molecular weight is 325 g/mol. The Morgan fingerprint density at radius 2 is 1.87 bits per heavy atom. The van der Waals surface area contributed by atoms with Crippen molar-refractivity contribution in [3.63, 3.8) is 0 Å². The fourth-order valence-electron chi connectivity index (χ4n) is 2.34. The van der Waals surface area contributed by atoms with E-state index in [2.05, 4.69) is 0 Å². The average Bonchev–Trinajstić information content (AvgIpc) is 2.81. The Morgan fingerprint density at radius 3 is 2.61 bits per heavy atom. The molecule has 5 heteroatoms. The van der Waals surface area contributed by atoms with Crippen LogP contribution in [-0.2, 0) is 4.79 Å². The van der Waals surface area contributed by atoms with Crippen LogP contribution in [0.1, 0.15) is 11.1 Å². The van der Waals surface area contributed by atoms with Crippen LogP contribution < -0.4 is 9.64 Å². The topological polar surface area (TPSA) is 46.6 Å². The van der Waals surface area contributed by atoms with Gasteiger partial charge in [0.05, 0.1) is 17.7 Å². The van der Waals surface area contributed by atoms with Crippen LogP contribution in [0.3, 0.4) is 0 Å². The predicted molar refractivity (Wildman–Crippen MR) is 92.6 cm³/mol. The summed E-state index contributed by atoms with van der Waals surface area (Å²) in [5.41, 5.74) is 2.42. The minimum absolute atomic E-state index is 0.283. The summed E-state index contributed by atoms with van der Waals surface area (Å²) in [4.78, 5) is 26.4. The number of ether oxygens (including phenoxy) is 1. The molecule has 0 unspecified atom stereocenters. The molecule has 2 amide bonds. The van der Waals surface area contributed by atoms with E-state index in [4.69, 9.17) is 4.74 Å². The lowest BCUT2D eigenvalue weighted by Gasteiger charge is -2.12. The van der Waals surface area contributed by atoms with Crippen LogP contribution >= 0.6 is 11.8 Å². The zero-order valence-corrected chi connectivity index (χ0v) is 13.6. The van der Waals surface area contributed by atoms with Crippen molar-refractivity contribution < 1.29 is 14.3 Å². The number of anilines is 1. The lowest BCUT2D eigenvalue weighted by atomic mass is 10.2. The number of methoxy groups -OCH3 is 1. The fourth-order valence-corrected chi connectivity index (χ4v) is 3.18. The number of nitrogens with zero attached hydrogens (tertiary/aromatic N) is 1. The summed E-state index contributed by atoms with van der Waals surface area (Å²) in [6.07, 6.45) is 1.71. The van der Waals surface area contributed by atoms with Crippen molar-refractivity contribution in [2.45, 2.75) is 6.92 Å². The van der Waals surface area contributed by atoms with Crippen molar-refractivity contribution in [1.29, 1.82) is 0 Å². The van der Waals surface area contributed by atoms with Crippen LogP contribution in [0.15, 0.2) is 53.4 Å². The first-order valence-corrected chi connectivity index (χ1v) is 7.89. The highest BCUT2D eigenvalue weighted by molar-refractivity contribution is 8.19. The molecule has 23 heavy (non-hydrogen) atoms. The number of carbonyl (C=O) groups is 2. The van der Waals surface area contributed by atoms with Gasteiger partial charge in [0.15, 0.2) is 0 Å². The number of amides is 2. The highest BCUT2D eigenvalue weighted by Crippen LogP contribution is 2.36. The number of carbonyl (C=O) groups excluding carboxylic acids is 2. The van der Waals surface area contributed by atoms with Gasteiger partial charge in [0.25, 0.3) is 11.1 Å². The second kappa shape index (κ2) is 6.30. The summed E-state index contributed by atoms with van der Waals surface area (Å²) in [6.45, 7) is 1.93. The second-order valence-corrected chi connectivity index (χ2v) is 6.13. The second-order valence-electron chi connectivity index (χ2n) is 5.13. The van der Waals surface area contributed by atoms with Gasteiger partial charge in [-0.25, -0.2) is 4.90 Å². The van der Waals surface area contributed by atoms with Gasteiger partial charge < -0.3 is 4.74 Å². The van der Waals surface area contributed by atoms with Gasteiger partial charge in [0.2, 0.25) is 0 Å². The summed E-state index contributed by atoms with van der Waals surface area (Å²) < 4.78 is 5.17. The third kappa shape index (κ3) is 3.14. The molecule has 2 aromatic carbocycles. The molecule has 0 aromatic heterocycles. The van der Waals surface area contributed by atoms with Crippen molar-refractivity contribution in [1.82, 2.24) is 0 Å². The van der Waals surface area contributed by atoms with Gasteiger partial charge in [0, 0.05) is 0 Å². The van der Waals surface area contributed by atoms with Crippen molar-refractivity contribution in [3.8, 4) is 5.75 Å². The third-order valence-corrected chi connectivity index (χ3v) is 4.31. The molecule has 2 aromatic rings. The number of thioether (sulfide) groups is 1. The normalized spacial score (nSPS) is 16.3. The van der Waals surface area contributed by atoms with Crippen molar-refractivity contribution in [2.75, 3.05) is 12.0 Å². The lowest BCUT2D eigenvalue weighted by molar-refractivity contribution is -0.113. The van der Waals surface area contributed by atoms with Gasteiger partial charge in [-0.3, -0.25) is 9.59 Å². The standard InChI is InChI=1S/C18H15NO3S/c1-12-5-3-7-14(9-12)19-17(20)16(23-18(19)21)11-13-6-4-8-15(10-13)22-2/h3-11H,1-2H3/b16-11-. The van der Waals surface area contributed by atoms with Gasteiger partial charge >= 0.3 is 0 Å². The summed E-state index contributed by atoms with van der Waals surface area (Å²) in [5.74, 6) is 0.407.